The zero-order chi connectivity index (χ0) is 20.1. The third-order valence-corrected chi connectivity index (χ3v) is 5.14. The van der Waals surface area contributed by atoms with E-state index in [-0.39, 0.29) is 11.7 Å². The van der Waals surface area contributed by atoms with Gasteiger partial charge in [-0.3, -0.25) is 4.79 Å². The van der Waals surface area contributed by atoms with E-state index in [1.54, 1.807) is 0 Å². The van der Waals surface area contributed by atoms with E-state index in [4.69, 9.17) is 9.15 Å². The highest BCUT2D eigenvalue weighted by molar-refractivity contribution is 7.99. The molecule has 4 rings (SSSR count). The fourth-order valence-electron chi connectivity index (χ4n) is 2.91. The van der Waals surface area contributed by atoms with Gasteiger partial charge < -0.3 is 9.15 Å². The second-order valence-electron chi connectivity index (χ2n) is 6.30. The van der Waals surface area contributed by atoms with Gasteiger partial charge >= 0.3 is 0 Å². The molecule has 0 fully saturated rings. The molecule has 148 valence electrons. The molecule has 0 aliphatic carbocycles. The molecule has 29 heavy (non-hydrogen) atoms. The van der Waals surface area contributed by atoms with Crippen LogP contribution >= 0.6 is 11.8 Å². The molecule has 3 aromatic rings. The normalized spacial score (nSPS) is 13.4. The largest absolute Gasteiger partial charge is 0.494 e. The Morgan fingerprint density at radius 3 is 2.66 bits per heavy atom. The summed E-state index contributed by atoms with van der Waals surface area (Å²) < 4.78 is 11.1. The first kappa shape index (κ1) is 19.2. The number of hydrogen-bond acceptors (Lipinski definition) is 7. The van der Waals surface area contributed by atoms with Crippen molar-refractivity contribution in [2.45, 2.75) is 18.6 Å². The van der Waals surface area contributed by atoms with Gasteiger partial charge in [0.05, 0.1) is 24.6 Å². The molecule has 2 heterocycles. The fourth-order valence-corrected chi connectivity index (χ4v) is 3.55. The molecule has 0 unspecified atom stereocenters. The molecule has 0 radical (unpaired) electrons. The lowest BCUT2D eigenvalue weighted by Gasteiger charge is -2.09. The molecule has 2 aromatic carbocycles. The third kappa shape index (κ3) is 4.65. The lowest BCUT2D eigenvalue weighted by molar-refractivity contribution is -0.127. The summed E-state index contributed by atoms with van der Waals surface area (Å²) in [5, 5.41) is 14.4. The standard InChI is InChI=1S/C21H20N4O3S/c1-2-27-17-10-8-16(9-11-17)20-22-23-21(28-20)29-14-19(26)25-13-12-18(24-25)15-6-4-3-5-7-15/h3-11H,2,12-14H2,1H3. The number of nitrogens with zero attached hydrogens (tertiary/aromatic N) is 4. The number of amides is 1. The minimum Gasteiger partial charge on any atom is -0.494 e. The smallest absolute Gasteiger partial charge is 0.277 e. The van der Waals surface area contributed by atoms with Gasteiger partial charge in [0, 0.05) is 12.0 Å². The molecule has 0 saturated carbocycles. The molecular weight excluding hydrogens is 388 g/mol. The van der Waals surface area contributed by atoms with Crippen LogP contribution in [0.1, 0.15) is 18.9 Å². The predicted molar refractivity (Wildman–Crippen MR) is 111 cm³/mol. The van der Waals surface area contributed by atoms with E-state index in [9.17, 15) is 4.79 Å². The summed E-state index contributed by atoms with van der Waals surface area (Å²) in [7, 11) is 0. The zero-order valence-corrected chi connectivity index (χ0v) is 16.8. The molecule has 7 nitrogen and oxygen atoms in total. The summed E-state index contributed by atoms with van der Waals surface area (Å²) in [4.78, 5) is 12.5. The van der Waals surface area contributed by atoms with E-state index in [0.717, 1.165) is 29.0 Å². The number of thioether (sulfide) groups is 1. The van der Waals surface area contributed by atoms with E-state index >= 15 is 0 Å². The molecule has 8 heteroatoms. The van der Waals surface area contributed by atoms with E-state index in [1.807, 2.05) is 61.5 Å². The van der Waals surface area contributed by atoms with Gasteiger partial charge in [0.2, 0.25) is 5.89 Å². The van der Waals surface area contributed by atoms with Gasteiger partial charge in [-0.25, -0.2) is 5.01 Å². The Labute approximate surface area is 172 Å². The van der Waals surface area contributed by atoms with Gasteiger partial charge in [0.25, 0.3) is 11.1 Å². The Morgan fingerprint density at radius 1 is 1.10 bits per heavy atom. The van der Waals surface area contributed by atoms with Crippen LogP contribution in [0.5, 0.6) is 5.75 Å². The lowest BCUT2D eigenvalue weighted by atomic mass is 10.1. The Bertz CT molecular complexity index is 1000. The first-order valence-electron chi connectivity index (χ1n) is 9.35. The van der Waals surface area contributed by atoms with Crippen molar-refractivity contribution in [1.82, 2.24) is 15.2 Å². The van der Waals surface area contributed by atoms with E-state index in [2.05, 4.69) is 15.3 Å². The van der Waals surface area contributed by atoms with Crippen molar-refractivity contribution in [2.75, 3.05) is 18.9 Å². The minimum atomic E-state index is -0.0817. The van der Waals surface area contributed by atoms with E-state index < -0.39 is 0 Å². The Kier molecular flexibility index (Phi) is 5.90. The van der Waals surface area contributed by atoms with Crippen LogP contribution in [0.4, 0.5) is 0 Å². The van der Waals surface area contributed by atoms with Crippen LogP contribution in [0.3, 0.4) is 0 Å². The zero-order valence-electron chi connectivity index (χ0n) is 15.9. The van der Waals surface area contributed by atoms with Crippen LogP contribution in [-0.2, 0) is 4.79 Å². The summed E-state index contributed by atoms with van der Waals surface area (Å²) in [5.41, 5.74) is 2.78. The Morgan fingerprint density at radius 2 is 1.90 bits per heavy atom. The molecular formula is C21H20N4O3S. The number of aromatic nitrogens is 2. The van der Waals surface area contributed by atoms with Gasteiger partial charge in [-0.1, -0.05) is 42.1 Å². The number of hydrazone groups is 1. The van der Waals surface area contributed by atoms with Gasteiger partial charge in [-0.2, -0.15) is 5.10 Å². The molecule has 1 amide bonds. The Hall–Kier alpha value is -3.13. The number of carbonyl (C=O) groups excluding carboxylic acids is 1. The number of rotatable bonds is 7. The first-order valence-corrected chi connectivity index (χ1v) is 10.3. The average molecular weight is 408 g/mol. The van der Waals surface area contributed by atoms with Gasteiger partial charge in [-0.05, 0) is 36.8 Å². The molecule has 1 aliphatic rings. The quantitative estimate of drug-likeness (QED) is 0.552. The van der Waals surface area contributed by atoms with Gasteiger partial charge in [-0.15, -0.1) is 10.2 Å². The maximum atomic E-state index is 12.5. The first-order chi connectivity index (χ1) is 14.2. The highest BCUT2D eigenvalue weighted by Crippen LogP contribution is 2.25. The molecule has 0 saturated heterocycles. The van der Waals surface area contributed by atoms with Crippen LogP contribution in [0.25, 0.3) is 11.5 Å². The summed E-state index contributed by atoms with van der Waals surface area (Å²) in [6.07, 6.45) is 0.753. The second-order valence-corrected chi connectivity index (χ2v) is 7.23. The minimum absolute atomic E-state index is 0.0817. The molecule has 1 aliphatic heterocycles. The van der Waals surface area contributed by atoms with E-state index in [0.29, 0.717) is 24.3 Å². The number of carbonyl (C=O) groups is 1. The average Bonchev–Trinajstić information content (AvgIpc) is 3.44. The summed E-state index contributed by atoms with van der Waals surface area (Å²) in [6.45, 7) is 3.14. The SMILES string of the molecule is CCOc1ccc(-c2nnc(SCC(=O)N3CCC(c4ccccc4)=N3)o2)cc1. The Balaban J connectivity index is 1.34. The van der Waals surface area contributed by atoms with Crippen LogP contribution in [0.2, 0.25) is 0 Å². The number of ether oxygens (including phenoxy) is 1. The van der Waals surface area contributed by atoms with Crippen LogP contribution in [0.15, 0.2) is 69.3 Å². The third-order valence-electron chi connectivity index (χ3n) is 4.33. The van der Waals surface area contributed by atoms with Crippen molar-refractivity contribution in [3.63, 3.8) is 0 Å². The molecule has 0 spiro atoms. The molecule has 1 aromatic heterocycles. The maximum Gasteiger partial charge on any atom is 0.277 e. The number of benzene rings is 2. The highest BCUT2D eigenvalue weighted by Gasteiger charge is 2.22. The summed E-state index contributed by atoms with van der Waals surface area (Å²) >= 11 is 1.21. The van der Waals surface area contributed by atoms with Crippen molar-refractivity contribution >= 4 is 23.4 Å². The second kappa shape index (κ2) is 8.91. The summed E-state index contributed by atoms with van der Waals surface area (Å²) in [5.74, 6) is 1.31. The molecule has 0 bridgehead atoms. The van der Waals surface area contributed by atoms with Crippen molar-refractivity contribution < 1.29 is 13.9 Å². The number of hydrogen-bond donors (Lipinski definition) is 0. The monoisotopic (exact) mass is 408 g/mol. The lowest BCUT2D eigenvalue weighted by Crippen LogP contribution is -2.25. The maximum absolute atomic E-state index is 12.5. The van der Waals surface area contributed by atoms with Crippen LogP contribution in [0, 0.1) is 0 Å². The van der Waals surface area contributed by atoms with E-state index in [1.165, 1.54) is 16.8 Å². The molecule has 0 N–H and O–H groups in total. The topological polar surface area (TPSA) is 80.8 Å². The van der Waals surface area contributed by atoms with Crippen LogP contribution in [-0.4, -0.2) is 45.7 Å². The van der Waals surface area contributed by atoms with Gasteiger partial charge in [0.1, 0.15) is 5.75 Å². The highest BCUT2D eigenvalue weighted by atomic mass is 32.2. The van der Waals surface area contributed by atoms with Crippen molar-refractivity contribution in [3.8, 4) is 17.2 Å². The molecule has 0 atom stereocenters. The van der Waals surface area contributed by atoms with Crippen molar-refractivity contribution in [1.29, 1.82) is 0 Å². The van der Waals surface area contributed by atoms with Crippen molar-refractivity contribution in [2.24, 2.45) is 5.10 Å². The van der Waals surface area contributed by atoms with Crippen molar-refractivity contribution in [3.05, 3.63) is 60.2 Å². The summed E-state index contributed by atoms with van der Waals surface area (Å²) in [6, 6.07) is 17.3. The fraction of sp³-hybridized carbons (Fsp3) is 0.238. The van der Waals surface area contributed by atoms with Gasteiger partial charge in [0.15, 0.2) is 0 Å². The predicted octanol–water partition coefficient (Wildman–Crippen LogP) is 3.86. The van der Waals surface area contributed by atoms with Crippen LogP contribution < -0.4 is 4.74 Å².